The van der Waals surface area contributed by atoms with Crippen molar-refractivity contribution < 1.29 is 19.7 Å². The van der Waals surface area contributed by atoms with Gasteiger partial charge in [0, 0.05) is 6.04 Å². The molecule has 6 heteroatoms. The first-order valence-corrected chi connectivity index (χ1v) is 6.39. The van der Waals surface area contributed by atoms with Crippen LogP contribution in [0.25, 0.3) is 0 Å². The smallest absolute Gasteiger partial charge is 0.412 e. The lowest BCUT2D eigenvalue weighted by Gasteiger charge is -2.20. The highest BCUT2D eigenvalue weighted by molar-refractivity contribution is 5.86. The largest absolute Gasteiger partial charge is 0.506 e. The summed E-state index contributed by atoms with van der Waals surface area (Å²) in [7, 11) is 0. The first-order valence-electron chi connectivity index (χ1n) is 6.39. The zero-order valence-electron chi connectivity index (χ0n) is 12.0. The van der Waals surface area contributed by atoms with Crippen molar-refractivity contribution in [3.05, 3.63) is 23.8 Å². The molecule has 6 nitrogen and oxygen atoms in total. The second kappa shape index (κ2) is 6.58. The van der Waals surface area contributed by atoms with Gasteiger partial charge in [-0.05, 0) is 44.9 Å². The van der Waals surface area contributed by atoms with Crippen molar-refractivity contribution in [2.75, 3.05) is 11.9 Å². The summed E-state index contributed by atoms with van der Waals surface area (Å²) < 4.78 is 5.09. The SMILES string of the molecule is CC(C)(C)OC(=O)Nc1ccc(CC(N)CO)cc1O. The number of phenols is 1. The summed E-state index contributed by atoms with van der Waals surface area (Å²) in [6.45, 7) is 5.14. The molecule has 20 heavy (non-hydrogen) atoms. The molecule has 1 amide bonds. The second-order valence-electron chi connectivity index (χ2n) is 5.63. The van der Waals surface area contributed by atoms with Gasteiger partial charge in [0.25, 0.3) is 0 Å². The number of rotatable bonds is 4. The molecule has 0 heterocycles. The molecule has 1 unspecified atom stereocenters. The normalized spacial score (nSPS) is 12.8. The van der Waals surface area contributed by atoms with Gasteiger partial charge in [0.15, 0.2) is 0 Å². The molecule has 112 valence electrons. The van der Waals surface area contributed by atoms with E-state index in [0.717, 1.165) is 5.56 Å². The highest BCUT2D eigenvalue weighted by atomic mass is 16.6. The van der Waals surface area contributed by atoms with Crippen LogP contribution in [0.4, 0.5) is 10.5 Å². The minimum atomic E-state index is -0.632. The molecule has 1 aromatic rings. The zero-order chi connectivity index (χ0) is 15.3. The molecular weight excluding hydrogens is 260 g/mol. The third kappa shape index (κ3) is 5.46. The van der Waals surface area contributed by atoms with Gasteiger partial charge in [0.2, 0.25) is 0 Å². The molecule has 0 bridgehead atoms. The molecule has 0 aliphatic heterocycles. The lowest BCUT2D eigenvalue weighted by molar-refractivity contribution is 0.0635. The molecule has 0 saturated heterocycles. The number of ether oxygens (including phenoxy) is 1. The van der Waals surface area contributed by atoms with Crippen LogP contribution < -0.4 is 11.1 Å². The molecule has 0 fully saturated rings. The number of nitrogens with two attached hydrogens (primary N) is 1. The van der Waals surface area contributed by atoms with Gasteiger partial charge in [0.05, 0.1) is 12.3 Å². The molecule has 1 aromatic carbocycles. The Bertz CT molecular complexity index is 469. The Morgan fingerprint density at radius 1 is 1.45 bits per heavy atom. The number of carbonyl (C=O) groups excluding carboxylic acids is 1. The van der Waals surface area contributed by atoms with Gasteiger partial charge in [0.1, 0.15) is 11.4 Å². The Morgan fingerprint density at radius 3 is 2.60 bits per heavy atom. The Balaban J connectivity index is 2.71. The van der Waals surface area contributed by atoms with Crippen molar-refractivity contribution in [3.63, 3.8) is 0 Å². The molecule has 0 saturated carbocycles. The fourth-order valence-corrected chi connectivity index (χ4v) is 1.59. The molecule has 0 aliphatic rings. The number of aromatic hydroxyl groups is 1. The number of aliphatic hydroxyl groups excluding tert-OH is 1. The number of benzene rings is 1. The van der Waals surface area contributed by atoms with Crippen molar-refractivity contribution in [2.45, 2.75) is 38.8 Å². The number of phenolic OH excluding ortho intramolecular Hbond substituents is 1. The van der Waals surface area contributed by atoms with Crippen LogP contribution >= 0.6 is 0 Å². The van der Waals surface area contributed by atoms with E-state index in [-0.39, 0.29) is 24.1 Å². The maximum atomic E-state index is 11.6. The average Bonchev–Trinajstić information content (AvgIpc) is 2.30. The molecular formula is C14H22N2O4. The maximum Gasteiger partial charge on any atom is 0.412 e. The first-order chi connectivity index (χ1) is 9.21. The Hall–Kier alpha value is -1.79. The van der Waals surface area contributed by atoms with Crippen LogP contribution in [0.3, 0.4) is 0 Å². The third-order valence-corrected chi connectivity index (χ3v) is 2.43. The van der Waals surface area contributed by atoms with Crippen LogP contribution in [0.1, 0.15) is 26.3 Å². The van der Waals surface area contributed by atoms with Crippen LogP contribution in [0.5, 0.6) is 5.75 Å². The van der Waals surface area contributed by atoms with Crippen LogP contribution in [-0.4, -0.2) is 34.6 Å². The standard InChI is InChI=1S/C14H22N2O4/c1-14(2,3)20-13(19)16-11-5-4-9(7-12(11)18)6-10(15)8-17/h4-5,7,10,17-18H,6,8,15H2,1-3H3,(H,16,19). The Labute approximate surface area is 118 Å². The third-order valence-electron chi connectivity index (χ3n) is 2.43. The van der Waals surface area contributed by atoms with Gasteiger partial charge in [-0.25, -0.2) is 4.79 Å². The molecule has 0 aliphatic carbocycles. The number of anilines is 1. The fourth-order valence-electron chi connectivity index (χ4n) is 1.59. The van der Waals surface area contributed by atoms with Crippen molar-refractivity contribution in [2.24, 2.45) is 5.73 Å². The summed E-state index contributed by atoms with van der Waals surface area (Å²) >= 11 is 0. The van der Waals surface area contributed by atoms with Gasteiger partial charge in [-0.15, -0.1) is 0 Å². The van der Waals surface area contributed by atoms with Crippen LogP contribution in [0.2, 0.25) is 0 Å². The Morgan fingerprint density at radius 2 is 2.10 bits per heavy atom. The quantitative estimate of drug-likeness (QED) is 0.628. The number of hydrogen-bond donors (Lipinski definition) is 4. The van der Waals surface area contributed by atoms with Gasteiger partial charge >= 0.3 is 6.09 Å². The predicted molar refractivity (Wildman–Crippen MR) is 76.7 cm³/mol. The lowest BCUT2D eigenvalue weighted by atomic mass is 10.1. The first kappa shape index (κ1) is 16.3. The van der Waals surface area contributed by atoms with Crippen LogP contribution in [0.15, 0.2) is 18.2 Å². The fraction of sp³-hybridized carbons (Fsp3) is 0.500. The highest BCUT2D eigenvalue weighted by Gasteiger charge is 2.17. The highest BCUT2D eigenvalue weighted by Crippen LogP contribution is 2.25. The zero-order valence-corrected chi connectivity index (χ0v) is 12.0. The Kier molecular flexibility index (Phi) is 5.35. The van der Waals surface area contributed by atoms with Crippen molar-refractivity contribution in [1.29, 1.82) is 0 Å². The van der Waals surface area contributed by atoms with E-state index in [9.17, 15) is 9.90 Å². The van der Waals surface area contributed by atoms with E-state index in [4.69, 9.17) is 15.6 Å². The van der Waals surface area contributed by atoms with Crippen molar-refractivity contribution in [1.82, 2.24) is 0 Å². The minimum absolute atomic E-state index is 0.0708. The average molecular weight is 282 g/mol. The number of hydrogen-bond acceptors (Lipinski definition) is 5. The molecule has 0 aromatic heterocycles. The van der Waals surface area contributed by atoms with Gasteiger partial charge in [-0.3, -0.25) is 5.32 Å². The summed E-state index contributed by atoms with van der Waals surface area (Å²) in [5.74, 6) is -0.0708. The number of nitrogens with one attached hydrogen (secondary N) is 1. The van der Waals surface area contributed by atoms with Crippen LogP contribution in [-0.2, 0) is 11.2 Å². The second-order valence-corrected chi connectivity index (χ2v) is 5.63. The lowest BCUT2D eigenvalue weighted by Crippen LogP contribution is -2.27. The maximum absolute atomic E-state index is 11.6. The summed E-state index contributed by atoms with van der Waals surface area (Å²) in [5.41, 5.74) is 6.06. The topological polar surface area (TPSA) is 105 Å². The van der Waals surface area contributed by atoms with Crippen molar-refractivity contribution in [3.8, 4) is 5.75 Å². The van der Waals surface area contributed by atoms with E-state index < -0.39 is 11.7 Å². The molecule has 1 atom stereocenters. The summed E-state index contributed by atoms with van der Waals surface area (Å²) in [6.07, 6.45) is -0.191. The molecule has 1 rings (SSSR count). The van der Waals surface area contributed by atoms with Gasteiger partial charge in [-0.1, -0.05) is 6.07 Å². The number of amides is 1. The predicted octanol–water partition coefficient (Wildman–Crippen LogP) is 1.60. The van der Waals surface area contributed by atoms with E-state index in [1.807, 2.05) is 0 Å². The van der Waals surface area contributed by atoms with E-state index in [0.29, 0.717) is 6.42 Å². The van der Waals surface area contributed by atoms with Crippen LogP contribution in [0, 0.1) is 0 Å². The van der Waals surface area contributed by atoms with Gasteiger partial charge < -0.3 is 20.7 Å². The summed E-state index contributed by atoms with van der Waals surface area (Å²) in [4.78, 5) is 11.6. The van der Waals surface area contributed by atoms with E-state index in [1.54, 1.807) is 32.9 Å². The van der Waals surface area contributed by atoms with E-state index in [2.05, 4.69) is 5.32 Å². The summed E-state index contributed by atoms with van der Waals surface area (Å²) in [5, 5.41) is 21.2. The van der Waals surface area contributed by atoms with E-state index >= 15 is 0 Å². The van der Waals surface area contributed by atoms with Gasteiger partial charge in [-0.2, -0.15) is 0 Å². The molecule has 0 radical (unpaired) electrons. The number of aliphatic hydroxyl groups is 1. The van der Waals surface area contributed by atoms with E-state index in [1.165, 1.54) is 6.07 Å². The monoisotopic (exact) mass is 282 g/mol. The number of carbonyl (C=O) groups is 1. The molecule has 0 spiro atoms. The summed E-state index contributed by atoms with van der Waals surface area (Å²) in [6, 6.07) is 4.42. The molecule has 5 N–H and O–H groups in total. The van der Waals surface area contributed by atoms with Crippen molar-refractivity contribution >= 4 is 11.8 Å². The minimum Gasteiger partial charge on any atom is -0.506 e.